The minimum atomic E-state index is -1.09. The third kappa shape index (κ3) is 5.83. The Morgan fingerprint density at radius 3 is 2.69 bits per heavy atom. The first-order chi connectivity index (χ1) is 18.9. The summed E-state index contributed by atoms with van der Waals surface area (Å²) in [6, 6.07) is 15.1. The van der Waals surface area contributed by atoms with Gasteiger partial charge in [0, 0.05) is 41.1 Å². The molecule has 0 aliphatic carbocycles. The van der Waals surface area contributed by atoms with Crippen LogP contribution in [0, 0.1) is 11.3 Å². The fraction of sp³-hybridized carbons (Fsp3) is 0.222. The zero-order valence-electron chi connectivity index (χ0n) is 21.4. The Morgan fingerprint density at radius 1 is 1.13 bits per heavy atom. The highest BCUT2D eigenvalue weighted by atomic mass is 16.4. The van der Waals surface area contributed by atoms with Gasteiger partial charge in [-0.2, -0.15) is 15.0 Å². The molecule has 12 heteroatoms. The highest BCUT2D eigenvalue weighted by Gasteiger charge is 2.18. The third-order valence-electron chi connectivity index (χ3n) is 5.96. The van der Waals surface area contributed by atoms with E-state index in [9.17, 15) is 9.90 Å². The van der Waals surface area contributed by atoms with Gasteiger partial charge in [-0.3, -0.25) is 0 Å². The number of nitrogens with one attached hydrogen (secondary N) is 2. The summed E-state index contributed by atoms with van der Waals surface area (Å²) in [7, 11) is 0. The van der Waals surface area contributed by atoms with E-state index in [0.29, 0.717) is 35.7 Å². The summed E-state index contributed by atoms with van der Waals surface area (Å²) in [5.74, 6) is 0.551. The summed E-state index contributed by atoms with van der Waals surface area (Å²) in [6.45, 7) is 4.36. The summed E-state index contributed by atoms with van der Waals surface area (Å²) in [6.07, 6.45) is 6.05. The van der Waals surface area contributed by atoms with E-state index in [2.05, 4.69) is 42.1 Å². The van der Waals surface area contributed by atoms with Gasteiger partial charge in [-0.05, 0) is 31.9 Å². The van der Waals surface area contributed by atoms with Gasteiger partial charge in [-0.25, -0.2) is 19.4 Å². The Bertz CT molecular complexity index is 1650. The van der Waals surface area contributed by atoms with Gasteiger partial charge >= 0.3 is 6.09 Å². The molecule has 12 nitrogen and oxygen atoms in total. The zero-order valence-corrected chi connectivity index (χ0v) is 21.4. The lowest BCUT2D eigenvalue weighted by molar-refractivity contribution is 0.187. The van der Waals surface area contributed by atoms with Gasteiger partial charge in [0.25, 0.3) is 0 Å². The van der Waals surface area contributed by atoms with Gasteiger partial charge in [0.15, 0.2) is 11.5 Å². The number of benzene rings is 1. The topological polar surface area (TPSA) is 159 Å². The van der Waals surface area contributed by atoms with Crippen molar-refractivity contribution in [2.75, 3.05) is 5.32 Å². The van der Waals surface area contributed by atoms with Gasteiger partial charge < -0.3 is 15.7 Å². The Morgan fingerprint density at radius 2 is 1.95 bits per heavy atom. The maximum atomic E-state index is 11.4. The van der Waals surface area contributed by atoms with Crippen LogP contribution < -0.4 is 10.6 Å². The molecule has 0 bridgehead atoms. The van der Waals surface area contributed by atoms with Crippen LogP contribution >= 0.6 is 0 Å². The van der Waals surface area contributed by atoms with Gasteiger partial charge in [0.1, 0.15) is 11.8 Å². The molecule has 0 aliphatic rings. The molecule has 3 N–H and O–H groups in total. The van der Waals surface area contributed by atoms with Crippen LogP contribution in [0.2, 0.25) is 0 Å². The molecule has 4 aromatic heterocycles. The van der Waals surface area contributed by atoms with Crippen LogP contribution in [0.3, 0.4) is 0 Å². The normalized spacial score (nSPS) is 11.8. The van der Waals surface area contributed by atoms with E-state index >= 15 is 0 Å². The number of rotatable bonds is 9. The van der Waals surface area contributed by atoms with Crippen molar-refractivity contribution in [2.24, 2.45) is 0 Å². The lowest BCUT2D eigenvalue weighted by Crippen LogP contribution is -2.38. The Labute approximate surface area is 223 Å². The quantitative estimate of drug-likeness (QED) is 0.263. The average molecular weight is 523 g/mol. The first-order valence-electron chi connectivity index (χ1n) is 12.3. The van der Waals surface area contributed by atoms with E-state index in [1.165, 1.54) is 6.20 Å². The van der Waals surface area contributed by atoms with Crippen LogP contribution in [0.1, 0.15) is 25.0 Å². The lowest BCUT2D eigenvalue weighted by Gasteiger charge is -2.17. The minimum absolute atomic E-state index is 0.120. The Balaban J connectivity index is 1.44. The van der Waals surface area contributed by atoms with E-state index in [4.69, 9.17) is 5.26 Å². The largest absolute Gasteiger partial charge is 0.465 e. The van der Waals surface area contributed by atoms with Crippen LogP contribution in [0.5, 0.6) is 0 Å². The van der Waals surface area contributed by atoms with E-state index < -0.39 is 12.1 Å². The van der Waals surface area contributed by atoms with Crippen molar-refractivity contribution in [3.63, 3.8) is 0 Å². The maximum absolute atomic E-state index is 11.4. The molecule has 0 radical (unpaired) electrons. The Kier molecular flexibility index (Phi) is 7.13. The molecule has 39 heavy (non-hydrogen) atoms. The van der Waals surface area contributed by atoms with E-state index in [1.54, 1.807) is 34.0 Å². The molecule has 0 spiro atoms. The van der Waals surface area contributed by atoms with Crippen LogP contribution in [0.4, 0.5) is 10.5 Å². The molecular weight excluding hydrogens is 496 g/mol. The molecule has 0 saturated carbocycles. The summed E-state index contributed by atoms with van der Waals surface area (Å²) >= 11 is 0. The number of carbonyl (C=O) groups is 1. The highest BCUT2D eigenvalue weighted by Crippen LogP contribution is 2.29. The van der Waals surface area contributed by atoms with Crippen molar-refractivity contribution >= 4 is 22.8 Å². The molecule has 5 aromatic rings. The van der Waals surface area contributed by atoms with Gasteiger partial charge in [-0.15, -0.1) is 5.10 Å². The lowest BCUT2D eigenvalue weighted by atomic mass is 10.1. The summed E-state index contributed by atoms with van der Waals surface area (Å²) in [4.78, 5) is 20.4. The second-order valence-electron chi connectivity index (χ2n) is 9.35. The fourth-order valence-electron chi connectivity index (χ4n) is 4.32. The molecule has 5 rings (SSSR count). The number of nitrogens with zero attached hydrogens (tertiary/aromatic N) is 8. The van der Waals surface area contributed by atoms with Gasteiger partial charge in [0.05, 0.1) is 30.5 Å². The first-order valence-corrected chi connectivity index (χ1v) is 12.3. The van der Waals surface area contributed by atoms with E-state index in [1.807, 2.05) is 50.2 Å². The van der Waals surface area contributed by atoms with Gasteiger partial charge in [-0.1, -0.05) is 35.5 Å². The molecule has 196 valence electrons. The van der Waals surface area contributed by atoms with Crippen LogP contribution in [0.15, 0.2) is 67.3 Å². The predicted octanol–water partition coefficient (Wildman–Crippen LogP) is 3.64. The summed E-state index contributed by atoms with van der Waals surface area (Å²) in [5.41, 5.74) is 4.17. The predicted molar refractivity (Wildman–Crippen MR) is 144 cm³/mol. The SMILES string of the molecule is CC(C)Nc1cc(-n2ncc3cc(C#N)cnc32)ncc1-c1cn(CC(Cc2ccccc2)NC(=O)O)nn1. The summed E-state index contributed by atoms with van der Waals surface area (Å²) < 4.78 is 3.25. The average Bonchev–Trinajstić information content (AvgIpc) is 3.55. The molecule has 1 aromatic carbocycles. The van der Waals surface area contributed by atoms with Crippen molar-refractivity contribution < 1.29 is 9.90 Å². The minimum Gasteiger partial charge on any atom is -0.465 e. The van der Waals surface area contributed by atoms with Gasteiger partial charge in [0.2, 0.25) is 0 Å². The second-order valence-corrected chi connectivity index (χ2v) is 9.35. The molecule has 0 saturated heterocycles. The highest BCUT2D eigenvalue weighted by molar-refractivity contribution is 5.79. The molecule has 1 amide bonds. The molecule has 1 atom stereocenters. The zero-order chi connectivity index (χ0) is 27.4. The number of amides is 1. The number of aromatic nitrogens is 7. The molecule has 0 aliphatic heterocycles. The fourth-order valence-corrected chi connectivity index (χ4v) is 4.32. The maximum Gasteiger partial charge on any atom is 0.404 e. The standard InChI is InChI=1S/C27H26N10O2/c1-17(2)32-23-10-25(37-26-20(13-31-37)8-19(11-28)12-30-26)29-14-22(23)24-16-36(35-34-24)15-21(33-27(38)39)9-18-6-4-3-5-7-18/h3-8,10,12-14,16-17,21,33H,9,15H2,1-2H3,(H,29,32)(H,38,39). The van der Waals surface area contributed by atoms with Crippen molar-refractivity contribution in [1.82, 2.24) is 40.1 Å². The number of nitriles is 1. The second kappa shape index (κ2) is 11.0. The number of pyridine rings is 2. The number of hydrogen-bond acceptors (Lipinski definition) is 8. The third-order valence-corrected chi connectivity index (χ3v) is 5.96. The van der Waals surface area contributed by atoms with Crippen molar-refractivity contribution in [1.29, 1.82) is 5.26 Å². The first kappa shape index (κ1) is 25.3. The van der Waals surface area contributed by atoms with Crippen molar-refractivity contribution in [3.05, 3.63) is 78.4 Å². The number of carboxylic acid groups (broad SMARTS) is 1. The monoisotopic (exact) mass is 522 g/mol. The van der Waals surface area contributed by atoms with Crippen LogP contribution in [0.25, 0.3) is 28.1 Å². The van der Waals surface area contributed by atoms with Crippen LogP contribution in [-0.4, -0.2) is 58.0 Å². The van der Waals surface area contributed by atoms with E-state index in [0.717, 1.165) is 22.2 Å². The molecular formula is C27H26N10O2. The van der Waals surface area contributed by atoms with Crippen molar-refractivity contribution in [2.45, 2.75) is 38.9 Å². The number of anilines is 1. The number of hydrogen-bond donors (Lipinski definition) is 3. The summed E-state index contributed by atoms with van der Waals surface area (Å²) in [5, 5.41) is 38.3. The van der Waals surface area contributed by atoms with Crippen molar-refractivity contribution in [3.8, 4) is 23.1 Å². The Hall–Kier alpha value is -5.31. The molecule has 0 fully saturated rings. The van der Waals surface area contributed by atoms with E-state index in [-0.39, 0.29) is 6.04 Å². The smallest absolute Gasteiger partial charge is 0.404 e. The van der Waals surface area contributed by atoms with Crippen LogP contribution in [-0.2, 0) is 13.0 Å². The number of fused-ring (bicyclic) bond motifs is 1. The molecule has 1 unspecified atom stereocenters. The molecule has 4 heterocycles.